The van der Waals surface area contributed by atoms with Crippen molar-refractivity contribution in [1.29, 1.82) is 0 Å². The maximum absolute atomic E-state index is 13.0. The number of urea groups is 1. The van der Waals surface area contributed by atoms with Crippen molar-refractivity contribution in [2.24, 2.45) is 0 Å². The van der Waals surface area contributed by atoms with Gasteiger partial charge in [-0.05, 0) is 42.8 Å². The summed E-state index contributed by atoms with van der Waals surface area (Å²) in [7, 11) is 0. The largest absolute Gasteiger partial charge is 0.378 e. The number of nitrogens with one attached hydrogen (secondary N) is 2. The molecule has 3 heterocycles. The molecule has 2 aliphatic heterocycles. The van der Waals surface area contributed by atoms with Crippen molar-refractivity contribution in [3.8, 4) is 11.4 Å². The van der Waals surface area contributed by atoms with Gasteiger partial charge in [0.2, 0.25) is 5.91 Å². The van der Waals surface area contributed by atoms with Gasteiger partial charge in [-0.1, -0.05) is 30.3 Å². The van der Waals surface area contributed by atoms with Gasteiger partial charge in [-0.3, -0.25) is 4.79 Å². The third-order valence-corrected chi connectivity index (χ3v) is 6.62. The zero-order valence-electron chi connectivity index (χ0n) is 21.5. The van der Waals surface area contributed by atoms with Crippen molar-refractivity contribution in [3.05, 3.63) is 77.5 Å². The molecule has 9 nitrogen and oxygen atoms in total. The second kappa shape index (κ2) is 11.9. The van der Waals surface area contributed by atoms with E-state index in [0.29, 0.717) is 50.8 Å². The number of benzene rings is 2. The van der Waals surface area contributed by atoms with Gasteiger partial charge in [-0.2, -0.15) is 0 Å². The van der Waals surface area contributed by atoms with Gasteiger partial charge in [0, 0.05) is 55.5 Å². The molecular weight excluding hydrogens is 480 g/mol. The van der Waals surface area contributed by atoms with Crippen molar-refractivity contribution < 1.29 is 14.3 Å². The van der Waals surface area contributed by atoms with Gasteiger partial charge in [0.25, 0.3) is 0 Å². The lowest BCUT2D eigenvalue weighted by molar-refractivity contribution is -0.126. The van der Waals surface area contributed by atoms with Crippen LogP contribution < -0.4 is 15.5 Å². The molecule has 5 rings (SSSR count). The molecule has 2 N–H and O–H groups in total. The number of ether oxygens (including phenoxy) is 1. The molecule has 3 aromatic rings. The van der Waals surface area contributed by atoms with E-state index >= 15 is 0 Å². The highest BCUT2D eigenvalue weighted by atomic mass is 16.5. The molecule has 0 unspecified atom stereocenters. The van der Waals surface area contributed by atoms with Crippen LogP contribution in [0.5, 0.6) is 0 Å². The van der Waals surface area contributed by atoms with Gasteiger partial charge in [0.05, 0.1) is 25.5 Å². The molecule has 0 spiro atoms. The molecule has 1 fully saturated rings. The van der Waals surface area contributed by atoms with Crippen LogP contribution in [0.15, 0.2) is 60.7 Å². The Balaban J connectivity index is 1.40. The Morgan fingerprint density at radius 2 is 1.76 bits per heavy atom. The summed E-state index contributed by atoms with van der Waals surface area (Å²) < 4.78 is 5.58. The number of hydrogen-bond donors (Lipinski definition) is 2. The second-order valence-electron chi connectivity index (χ2n) is 9.21. The highest BCUT2D eigenvalue weighted by molar-refractivity contribution is 5.92. The SMILES string of the molecule is CCNC(=O)Nc1ccc(-c2nc3c(c(N4CCOCC4)n2)CN(C(=O)/C=C/c2ccccc2)CC3)cc1. The average Bonchev–Trinajstić information content (AvgIpc) is 2.96. The van der Waals surface area contributed by atoms with Crippen LogP contribution in [0, 0.1) is 0 Å². The van der Waals surface area contributed by atoms with E-state index in [4.69, 9.17) is 14.7 Å². The first-order valence-corrected chi connectivity index (χ1v) is 13.0. The summed E-state index contributed by atoms with van der Waals surface area (Å²) >= 11 is 0. The first-order valence-electron chi connectivity index (χ1n) is 13.0. The molecule has 0 saturated carbocycles. The summed E-state index contributed by atoms with van der Waals surface area (Å²) in [6.45, 7) is 6.24. The van der Waals surface area contributed by atoms with Gasteiger partial charge in [-0.25, -0.2) is 14.8 Å². The Morgan fingerprint density at radius 1 is 1.00 bits per heavy atom. The molecule has 1 saturated heterocycles. The lowest BCUT2D eigenvalue weighted by Gasteiger charge is -2.34. The molecule has 9 heteroatoms. The third-order valence-electron chi connectivity index (χ3n) is 6.62. The molecule has 38 heavy (non-hydrogen) atoms. The van der Waals surface area contributed by atoms with Crippen LogP contribution in [0.25, 0.3) is 17.5 Å². The van der Waals surface area contributed by atoms with E-state index in [-0.39, 0.29) is 11.9 Å². The molecule has 2 aromatic carbocycles. The number of amides is 3. The summed E-state index contributed by atoms with van der Waals surface area (Å²) in [6.07, 6.45) is 4.15. The Labute approximate surface area is 222 Å². The summed E-state index contributed by atoms with van der Waals surface area (Å²) in [6, 6.07) is 17.1. The normalized spacial score (nSPS) is 15.3. The van der Waals surface area contributed by atoms with Gasteiger partial charge in [0.15, 0.2) is 5.82 Å². The van der Waals surface area contributed by atoms with Gasteiger partial charge < -0.3 is 25.2 Å². The quantitative estimate of drug-likeness (QED) is 0.489. The van der Waals surface area contributed by atoms with E-state index in [2.05, 4.69) is 15.5 Å². The summed E-state index contributed by atoms with van der Waals surface area (Å²) in [4.78, 5) is 38.9. The van der Waals surface area contributed by atoms with Crippen LogP contribution in [-0.2, 0) is 22.5 Å². The van der Waals surface area contributed by atoms with Crippen LogP contribution in [0.4, 0.5) is 16.3 Å². The zero-order valence-corrected chi connectivity index (χ0v) is 21.5. The Morgan fingerprint density at radius 3 is 2.50 bits per heavy atom. The lowest BCUT2D eigenvalue weighted by atomic mass is 10.0. The van der Waals surface area contributed by atoms with Crippen LogP contribution in [-0.4, -0.2) is 66.2 Å². The lowest BCUT2D eigenvalue weighted by Crippen LogP contribution is -2.40. The smallest absolute Gasteiger partial charge is 0.319 e. The number of carbonyl (C=O) groups excluding carboxylic acids is 2. The van der Waals surface area contributed by atoms with Gasteiger partial charge >= 0.3 is 6.03 Å². The summed E-state index contributed by atoms with van der Waals surface area (Å²) in [5.41, 5.74) is 4.53. The predicted molar refractivity (Wildman–Crippen MR) is 148 cm³/mol. The fraction of sp³-hybridized carbons (Fsp3) is 0.310. The zero-order chi connectivity index (χ0) is 26.3. The number of aromatic nitrogens is 2. The van der Waals surface area contributed by atoms with Gasteiger partial charge in [0.1, 0.15) is 5.82 Å². The van der Waals surface area contributed by atoms with E-state index in [1.54, 1.807) is 6.08 Å². The molecule has 2 aliphatic rings. The maximum Gasteiger partial charge on any atom is 0.319 e. The fourth-order valence-corrected chi connectivity index (χ4v) is 4.63. The van der Waals surface area contributed by atoms with Crippen molar-refractivity contribution in [2.75, 3.05) is 49.6 Å². The minimum Gasteiger partial charge on any atom is -0.378 e. The number of morpholine rings is 1. The molecule has 0 atom stereocenters. The molecule has 0 radical (unpaired) electrons. The molecule has 3 amide bonds. The monoisotopic (exact) mass is 512 g/mol. The van der Waals surface area contributed by atoms with E-state index in [0.717, 1.165) is 41.3 Å². The second-order valence-corrected chi connectivity index (χ2v) is 9.21. The highest BCUT2D eigenvalue weighted by Gasteiger charge is 2.28. The number of rotatable bonds is 6. The summed E-state index contributed by atoms with van der Waals surface area (Å²) in [5, 5.41) is 5.54. The van der Waals surface area contributed by atoms with Crippen molar-refractivity contribution in [1.82, 2.24) is 20.2 Å². The average molecular weight is 513 g/mol. The maximum atomic E-state index is 13.0. The number of anilines is 2. The topological polar surface area (TPSA) is 99.7 Å². The van der Waals surface area contributed by atoms with Crippen molar-refractivity contribution in [2.45, 2.75) is 19.9 Å². The Hall–Kier alpha value is -4.24. The van der Waals surface area contributed by atoms with E-state index < -0.39 is 0 Å². The van der Waals surface area contributed by atoms with Crippen LogP contribution in [0.3, 0.4) is 0 Å². The third kappa shape index (κ3) is 6.00. The standard InChI is InChI=1S/C29H32N6O3/c1-2-30-29(37)31-23-11-9-22(10-12-23)27-32-25-14-15-35(26(36)13-8-21-6-4-3-5-7-21)20-24(25)28(33-27)34-16-18-38-19-17-34/h3-13H,2,14-20H2,1H3,(H2,30,31,37)/b13-8+. The Kier molecular flexibility index (Phi) is 7.94. The minimum atomic E-state index is -0.238. The molecule has 0 aliphatic carbocycles. The molecule has 1 aromatic heterocycles. The summed E-state index contributed by atoms with van der Waals surface area (Å²) in [5.74, 6) is 1.48. The van der Waals surface area contributed by atoms with Crippen LogP contribution in [0.2, 0.25) is 0 Å². The molecule has 0 bridgehead atoms. The molecular formula is C29H32N6O3. The first kappa shape index (κ1) is 25.4. The minimum absolute atomic E-state index is 0.0216. The van der Waals surface area contributed by atoms with Crippen LogP contribution >= 0.6 is 0 Å². The predicted octanol–water partition coefficient (Wildman–Crippen LogP) is 3.72. The molecule has 196 valence electrons. The highest BCUT2D eigenvalue weighted by Crippen LogP contribution is 2.31. The number of nitrogens with zero attached hydrogens (tertiary/aromatic N) is 4. The van der Waals surface area contributed by atoms with E-state index in [1.165, 1.54) is 0 Å². The van der Waals surface area contributed by atoms with E-state index in [9.17, 15) is 9.59 Å². The van der Waals surface area contributed by atoms with Crippen molar-refractivity contribution in [3.63, 3.8) is 0 Å². The fourth-order valence-electron chi connectivity index (χ4n) is 4.63. The van der Waals surface area contributed by atoms with Crippen LogP contribution in [0.1, 0.15) is 23.7 Å². The number of hydrogen-bond acceptors (Lipinski definition) is 6. The number of carbonyl (C=O) groups is 2. The first-order chi connectivity index (χ1) is 18.6. The van der Waals surface area contributed by atoms with Crippen molar-refractivity contribution >= 4 is 29.5 Å². The Bertz CT molecular complexity index is 1300. The number of fused-ring (bicyclic) bond motifs is 1. The van der Waals surface area contributed by atoms with E-state index in [1.807, 2.05) is 72.5 Å². The van der Waals surface area contributed by atoms with Gasteiger partial charge in [-0.15, -0.1) is 0 Å².